The van der Waals surface area contributed by atoms with E-state index in [0.29, 0.717) is 23.4 Å². The first-order chi connectivity index (χ1) is 8.69. The van der Waals surface area contributed by atoms with Crippen LogP contribution in [-0.4, -0.2) is 18.3 Å². The summed E-state index contributed by atoms with van der Waals surface area (Å²) in [6.07, 6.45) is 3.49. The van der Waals surface area contributed by atoms with Gasteiger partial charge in [-0.25, -0.2) is 4.39 Å². The zero-order valence-corrected chi connectivity index (χ0v) is 11.1. The maximum Gasteiger partial charge on any atom is 0.125 e. The van der Waals surface area contributed by atoms with E-state index < -0.39 is 0 Å². The molecule has 2 rings (SSSR count). The molecule has 2 atom stereocenters. The Balaban J connectivity index is 1.81. The van der Waals surface area contributed by atoms with Crippen molar-refractivity contribution in [2.75, 3.05) is 13.2 Å². The highest BCUT2D eigenvalue weighted by Gasteiger charge is 2.25. The van der Waals surface area contributed by atoms with Gasteiger partial charge in [-0.2, -0.15) is 0 Å². The minimum absolute atomic E-state index is 0.276. The largest absolute Gasteiger partial charge is 0.396 e. The van der Waals surface area contributed by atoms with Gasteiger partial charge in [-0.15, -0.1) is 0 Å². The monoisotopic (exact) mass is 271 g/mol. The quantitative estimate of drug-likeness (QED) is 0.863. The van der Waals surface area contributed by atoms with Crippen LogP contribution in [0.2, 0.25) is 5.02 Å². The summed E-state index contributed by atoms with van der Waals surface area (Å²) in [5, 5.41) is 13.0. The second-order valence-corrected chi connectivity index (χ2v) is 5.48. The van der Waals surface area contributed by atoms with Crippen molar-refractivity contribution in [2.24, 2.45) is 11.8 Å². The van der Waals surface area contributed by atoms with Crippen molar-refractivity contribution < 1.29 is 9.50 Å². The molecule has 0 aromatic heterocycles. The third-order valence-electron chi connectivity index (χ3n) is 3.71. The highest BCUT2D eigenvalue weighted by molar-refractivity contribution is 6.30. The predicted molar refractivity (Wildman–Crippen MR) is 71.0 cm³/mol. The molecule has 0 radical (unpaired) electrons. The lowest BCUT2D eigenvalue weighted by atomic mass is 9.97. The lowest BCUT2D eigenvalue weighted by Gasteiger charge is -2.17. The number of aliphatic hydroxyl groups is 1. The van der Waals surface area contributed by atoms with E-state index in [1.807, 2.05) is 0 Å². The Kier molecular flexibility index (Phi) is 4.98. The van der Waals surface area contributed by atoms with Crippen LogP contribution in [0.4, 0.5) is 4.39 Å². The standard InChI is InChI=1S/C14H19ClFNO/c15-13-4-10(5-14(16)6-13)7-17-8-11-2-1-3-12(11)9-18/h4-6,11-12,17-18H,1-3,7-9H2. The summed E-state index contributed by atoms with van der Waals surface area (Å²) >= 11 is 5.80. The summed E-state index contributed by atoms with van der Waals surface area (Å²) in [5.74, 6) is 0.668. The topological polar surface area (TPSA) is 32.3 Å². The van der Waals surface area contributed by atoms with Gasteiger partial charge in [-0.05, 0) is 55.0 Å². The fraction of sp³-hybridized carbons (Fsp3) is 0.571. The van der Waals surface area contributed by atoms with Crippen molar-refractivity contribution in [3.63, 3.8) is 0 Å². The predicted octanol–water partition coefficient (Wildman–Crippen LogP) is 2.98. The summed E-state index contributed by atoms with van der Waals surface area (Å²) in [5.41, 5.74) is 0.860. The van der Waals surface area contributed by atoms with E-state index in [-0.39, 0.29) is 12.4 Å². The molecule has 18 heavy (non-hydrogen) atoms. The second-order valence-electron chi connectivity index (χ2n) is 5.04. The first-order valence-electron chi connectivity index (χ1n) is 6.45. The van der Waals surface area contributed by atoms with Gasteiger partial charge >= 0.3 is 0 Å². The normalized spacial score (nSPS) is 23.5. The Hall–Kier alpha value is -0.640. The molecule has 2 N–H and O–H groups in total. The Labute approximate surface area is 112 Å². The average Bonchev–Trinajstić information content (AvgIpc) is 2.75. The van der Waals surface area contributed by atoms with Gasteiger partial charge in [-0.1, -0.05) is 18.0 Å². The molecule has 0 aliphatic heterocycles. The average molecular weight is 272 g/mol. The zero-order chi connectivity index (χ0) is 13.0. The molecule has 1 saturated carbocycles. The summed E-state index contributed by atoms with van der Waals surface area (Å²) in [4.78, 5) is 0. The van der Waals surface area contributed by atoms with Crippen LogP contribution in [-0.2, 0) is 6.54 Å². The molecule has 1 aromatic rings. The second kappa shape index (κ2) is 6.50. The van der Waals surface area contributed by atoms with Gasteiger partial charge in [0.15, 0.2) is 0 Å². The first-order valence-corrected chi connectivity index (χ1v) is 6.83. The molecule has 0 saturated heterocycles. The number of hydrogen-bond donors (Lipinski definition) is 2. The van der Waals surface area contributed by atoms with Crippen molar-refractivity contribution in [2.45, 2.75) is 25.8 Å². The summed E-state index contributed by atoms with van der Waals surface area (Å²) < 4.78 is 13.1. The molecule has 1 aliphatic carbocycles. The lowest BCUT2D eigenvalue weighted by Crippen LogP contribution is -2.26. The van der Waals surface area contributed by atoms with Gasteiger partial charge < -0.3 is 10.4 Å². The molecule has 0 spiro atoms. The van der Waals surface area contributed by atoms with E-state index in [1.54, 1.807) is 6.07 Å². The van der Waals surface area contributed by atoms with E-state index in [9.17, 15) is 9.50 Å². The molecule has 1 fully saturated rings. The number of nitrogens with one attached hydrogen (secondary N) is 1. The van der Waals surface area contributed by atoms with Crippen LogP contribution in [0.15, 0.2) is 18.2 Å². The van der Waals surface area contributed by atoms with Gasteiger partial charge in [0.2, 0.25) is 0 Å². The minimum Gasteiger partial charge on any atom is -0.396 e. The third-order valence-corrected chi connectivity index (χ3v) is 3.93. The molecular weight excluding hydrogens is 253 g/mol. The number of rotatable bonds is 5. The number of halogens is 2. The smallest absolute Gasteiger partial charge is 0.125 e. The molecule has 2 nitrogen and oxygen atoms in total. The number of benzene rings is 1. The molecule has 2 unspecified atom stereocenters. The number of aliphatic hydroxyl groups excluding tert-OH is 1. The third kappa shape index (κ3) is 3.67. The Bertz CT molecular complexity index is 379. The molecule has 0 bridgehead atoms. The van der Waals surface area contributed by atoms with Crippen LogP contribution in [0.1, 0.15) is 24.8 Å². The van der Waals surface area contributed by atoms with Gasteiger partial charge in [0.1, 0.15) is 5.82 Å². The Morgan fingerprint density at radius 3 is 2.78 bits per heavy atom. The molecule has 1 aromatic carbocycles. The van der Waals surface area contributed by atoms with Crippen LogP contribution >= 0.6 is 11.6 Å². The highest BCUT2D eigenvalue weighted by atomic mass is 35.5. The van der Waals surface area contributed by atoms with Crippen molar-refractivity contribution in [3.05, 3.63) is 34.6 Å². The lowest BCUT2D eigenvalue weighted by molar-refractivity contribution is 0.192. The SMILES string of the molecule is OCC1CCCC1CNCc1cc(F)cc(Cl)c1. The van der Waals surface area contributed by atoms with Crippen LogP contribution in [0.3, 0.4) is 0 Å². The molecule has 0 amide bonds. The molecule has 1 aliphatic rings. The van der Waals surface area contributed by atoms with Gasteiger partial charge in [0.25, 0.3) is 0 Å². The van der Waals surface area contributed by atoms with Crippen molar-refractivity contribution in [1.82, 2.24) is 5.32 Å². The first kappa shape index (κ1) is 13.8. The van der Waals surface area contributed by atoms with E-state index in [1.165, 1.54) is 25.0 Å². The minimum atomic E-state index is -0.298. The molecule has 0 heterocycles. The molecular formula is C14H19ClFNO. The summed E-state index contributed by atoms with van der Waals surface area (Å²) in [6.45, 7) is 1.77. The summed E-state index contributed by atoms with van der Waals surface area (Å²) in [7, 11) is 0. The Morgan fingerprint density at radius 1 is 1.28 bits per heavy atom. The van der Waals surface area contributed by atoms with Crippen molar-refractivity contribution >= 4 is 11.6 Å². The zero-order valence-electron chi connectivity index (χ0n) is 10.3. The molecule has 4 heteroatoms. The van der Waals surface area contributed by atoms with Crippen molar-refractivity contribution in [1.29, 1.82) is 0 Å². The van der Waals surface area contributed by atoms with E-state index in [4.69, 9.17) is 11.6 Å². The van der Waals surface area contributed by atoms with Crippen LogP contribution in [0, 0.1) is 17.7 Å². The maximum absolute atomic E-state index is 13.1. The fourth-order valence-corrected chi connectivity index (χ4v) is 2.98. The van der Waals surface area contributed by atoms with Gasteiger partial charge in [0.05, 0.1) is 0 Å². The Morgan fingerprint density at radius 2 is 2.06 bits per heavy atom. The summed E-state index contributed by atoms with van der Waals surface area (Å²) in [6, 6.07) is 4.58. The highest BCUT2D eigenvalue weighted by Crippen LogP contribution is 2.30. The van der Waals surface area contributed by atoms with Crippen LogP contribution in [0.5, 0.6) is 0 Å². The number of hydrogen-bond acceptors (Lipinski definition) is 2. The fourth-order valence-electron chi connectivity index (χ4n) is 2.74. The van der Waals surface area contributed by atoms with Crippen molar-refractivity contribution in [3.8, 4) is 0 Å². The van der Waals surface area contributed by atoms with Gasteiger partial charge in [-0.3, -0.25) is 0 Å². The van der Waals surface area contributed by atoms with E-state index in [0.717, 1.165) is 18.5 Å². The van der Waals surface area contributed by atoms with Crippen LogP contribution < -0.4 is 5.32 Å². The van der Waals surface area contributed by atoms with E-state index in [2.05, 4.69) is 5.32 Å². The van der Waals surface area contributed by atoms with Crippen LogP contribution in [0.25, 0.3) is 0 Å². The maximum atomic E-state index is 13.1. The van der Waals surface area contributed by atoms with Gasteiger partial charge in [0, 0.05) is 18.2 Å². The molecule has 100 valence electrons. The van der Waals surface area contributed by atoms with E-state index >= 15 is 0 Å².